The second kappa shape index (κ2) is 10.1. The first-order valence-corrected chi connectivity index (χ1v) is 11.3. The van der Waals surface area contributed by atoms with Crippen molar-refractivity contribution in [2.75, 3.05) is 29.1 Å². The normalized spacial score (nSPS) is 12.0. The Morgan fingerprint density at radius 2 is 1.60 bits per heavy atom. The summed E-state index contributed by atoms with van der Waals surface area (Å²) in [5.41, 5.74) is 1.14. The summed E-state index contributed by atoms with van der Waals surface area (Å²) in [7, 11) is -3.73. The Morgan fingerprint density at radius 1 is 1.00 bits per heavy atom. The molecule has 0 unspecified atom stereocenters. The van der Waals surface area contributed by atoms with Crippen molar-refractivity contribution in [1.29, 1.82) is 0 Å². The largest absolute Gasteiger partial charge is 0.494 e. The molecule has 2 rings (SSSR count). The Balaban J connectivity index is 2.18. The van der Waals surface area contributed by atoms with Gasteiger partial charge in [0, 0.05) is 5.69 Å². The monoisotopic (exact) mass is 434 g/mol. The molecule has 0 fully saturated rings. The molecule has 0 saturated carbocycles. The maximum absolute atomic E-state index is 12.7. The molecule has 0 bridgehead atoms. The molecule has 0 aliphatic carbocycles. The summed E-state index contributed by atoms with van der Waals surface area (Å²) in [6, 6.07) is 11.6. The minimum Gasteiger partial charge on any atom is -0.494 e. The molecule has 30 heavy (non-hydrogen) atoms. The number of hydrogen-bond acceptors (Lipinski definition) is 6. The number of hydrogen-bond donors (Lipinski definition) is 1. The molecule has 162 valence electrons. The third kappa shape index (κ3) is 5.96. The van der Waals surface area contributed by atoms with Gasteiger partial charge in [0.15, 0.2) is 0 Å². The summed E-state index contributed by atoms with van der Waals surface area (Å²) in [6.45, 7) is 5.82. The number of ether oxygens (including phenoxy) is 2. The molecule has 0 aliphatic rings. The first-order chi connectivity index (χ1) is 14.2. The fourth-order valence-electron chi connectivity index (χ4n) is 2.82. The summed E-state index contributed by atoms with van der Waals surface area (Å²) in [4.78, 5) is 24.4. The van der Waals surface area contributed by atoms with Crippen molar-refractivity contribution in [3.05, 3.63) is 54.1 Å². The van der Waals surface area contributed by atoms with Gasteiger partial charge < -0.3 is 14.8 Å². The highest BCUT2D eigenvalue weighted by Gasteiger charge is 2.29. The second-order valence-corrected chi connectivity index (χ2v) is 8.31. The van der Waals surface area contributed by atoms with Crippen LogP contribution in [0.3, 0.4) is 0 Å². The van der Waals surface area contributed by atoms with Crippen LogP contribution in [0.1, 0.15) is 31.1 Å². The lowest BCUT2D eigenvalue weighted by Gasteiger charge is -2.28. The summed E-state index contributed by atoms with van der Waals surface area (Å²) < 4.78 is 36.1. The molecule has 0 heterocycles. The summed E-state index contributed by atoms with van der Waals surface area (Å²) in [5, 5.41) is 2.67. The number of sulfonamides is 1. The Kier molecular flexibility index (Phi) is 7.82. The maximum atomic E-state index is 12.7. The van der Waals surface area contributed by atoms with Crippen LogP contribution < -0.4 is 14.4 Å². The molecule has 2 aromatic carbocycles. The van der Waals surface area contributed by atoms with Gasteiger partial charge in [-0.1, -0.05) is 0 Å². The number of anilines is 2. The number of carbonyl (C=O) groups excluding carboxylic acids is 2. The average molecular weight is 435 g/mol. The number of rotatable bonds is 9. The second-order valence-electron chi connectivity index (χ2n) is 6.45. The number of amides is 1. The van der Waals surface area contributed by atoms with Crippen molar-refractivity contribution in [2.45, 2.75) is 26.8 Å². The first-order valence-electron chi connectivity index (χ1n) is 9.47. The van der Waals surface area contributed by atoms with Gasteiger partial charge in [0.1, 0.15) is 11.8 Å². The lowest BCUT2D eigenvalue weighted by atomic mass is 10.2. The van der Waals surface area contributed by atoms with Gasteiger partial charge in [0.05, 0.1) is 30.7 Å². The van der Waals surface area contributed by atoms with Crippen molar-refractivity contribution >= 4 is 33.3 Å². The van der Waals surface area contributed by atoms with E-state index in [4.69, 9.17) is 9.47 Å². The standard InChI is InChI=1S/C21H26N2O6S/c1-5-28-19-13-11-18(12-14-19)23(30(4,26)27)15(3)20(24)22-17-9-7-16(8-10-17)21(25)29-6-2/h7-15H,5-6H2,1-4H3,(H,22,24)/t15-/m1/s1. The van der Waals surface area contributed by atoms with Crippen LogP contribution in [-0.2, 0) is 19.6 Å². The lowest BCUT2D eigenvalue weighted by molar-refractivity contribution is -0.116. The predicted octanol–water partition coefficient (Wildman–Crippen LogP) is 3.06. The van der Waals surface area contributed by atoms with Crippen LogP contribution in [0.2, 0.25) is 0 Å². The van der Waals surface area contributed by atoms with E-state index in [-0.39, 0.29) is 6.61 Å². The van der Waals surface area contributed by atoms with Crippen molar-refractivity contribution in [1.82, 2.24) is 0 Å². The van der Waals surface area contributed by atoms with Crippen LogP contribution >= 0.6 is 0 Å². The van der Waals surface area contributed by atoms with Gasteiger partial charge in [0.2, 0.25) is 15.9 Å². The minimum absolute atomic E-state index is 0.266. The van der Waals surface area contributed by atoms with Crippen LogP contribution in [0.15, 0.2) is 48.5 Å². The maximum Gasteiger partial charge on any atom is 0.338 e. The fraction of sp³-hybridized carbons (Fsp3) is 0.333. The number of nitrogens with one attached hydrogen (secondary N) is 1. The molecule has 0 spiro atoms. The van der Waals surface area contributed by atoms with E-state index in [2.05, 4.69) is 5.32 Å². The van der Waals surface area contributed by atoms with Gasteiger partial charge in [-0.05, 0) is 69.3 Å². The zero-order chi connectivity index (χ0) is 22.3. The number of nitrogens with zero attached hydrogens (tertiary/aromatic N) is 1. The van der Waals surface area contributed by atoms with E-state index in [1.165, 1.54) is 19.1 Å². The van der Waals surface area contributed by atoms with E-state index < -0.39 is 27.9 Å². The Hall–Kier alpha value is -3.07. The molecule has 2 aromatic rings. The minimum atomic E-state index is -3.73. The fourth-order valence-corrected chi connectivity index (χ4v) is 3.99. The van der Waals surface area contributed by atoms with Gasteiger partial charge in [-0.15, -0.1) is 0 Å². The van der Waals surface area contributed by atoms with E-state index in [1.807, 2.05) is 6.92 Å². The van der Waals surface area contributed by atoms with E-state index >= 15 is 0 Å². The van der Waals surface area contributed by atoms with E-state index in [9.17, 15) is 18.0 Å². The molecule has 0 aliphatic heterocycles. The van der Waals surface area contributed by atoms with Crippen molar-refractivity contribution in [3.63, 3.8) is 0 Å². The van der Waals surface area contributed by atoms with Crippen LogP contribution in [0.25, 0.3) is 0 Å². The number of carbonyl (C=O) groups is 2. The third-order valence-corrected chi connectivity index (χ3v) is 5.40. The SMILES string of the molecule is CCOC(=O)c1ccc(NC(=O)[C@@H](C)N(c2ccc(OCC)cc2)S(C)(=O)=O)cc1. The van der Waals surface area contributed by atoms with Gasteiger partial charge in [0.25, 0.3) is 0 Å². The highest BCUT2D eigenvalue weighted by atomic mass is 32.2. The van der Waals surface area contributed by atoms with Gasteiger partial charge >= 0.3 is 5.97 Å². The zero-order valence-electron chi connectivity index (χ0n) is 17.4. The Bertz CT molecular complexity index is 972. The molecule has 0 saturated heterocycles. The molecule has 0 aromatic heterocycles. The Labute approximate surface area is 176 Å². The topological polar surface area (TPSA) is 102 Å². The molecular weight excluding hydrogens is 408 g/mol. The smallest absolute Gasteiger partial charge is 0.338 e. The van der Waals surface area contributed by atoms with Crippen molar-refractivity contribution in [2.24, 2.45) is 0 Å². The average Bonchev–Trinajstić information content (AvgIpc) is 2.69. The van der Waals surface area contributed by atoms with E-state index in [1.54, 1.807) is 43.3 Å². The molecule has 1 amide bonds. The van der Waals surface area contributed by atoms with Gasteiger partial charge in [-0.3, -0.25) is 9.10 Å². The lowest BCUT2D eigenvalue weighted by Crippen LogP contribution is -2.45. The number of benzene rings is 2. The molecule has 0 radical (unpaired) electrons. The van der Waals surface area contributed by atoms with Crippen LogP contribution in [-0.4, -0.2) is 45.8 Å². The Morgan fingerprint density at radius 3 is 2.10 bits per heavy atom. The molecule has 1 N–H and O–H groups in total. The van der Waals surface area contributed by atoms with E-state index in [0.29, 0.717) is 29.3 Å². The van der Waals surface area contributed by atoms with Crippen LogP contribution in [0.5, 0.6) is 5.75 Å². The van der Waals surface area contributed by atoms with Crippen molar-refractivity contribution < 1.29 is 27.5 Å². The predicted molar refractivity (Wildman–Crippen MR) is 115 cm³/mol. The quantitative estimate of drug-likeness (QED) is 0.609. The summed E-state index contributed by atoms with van der Waals surface area (Å²) in [5.74, 6) is -0.366. The van der Waals surface area contributed by atoms with Crippen LogP contribution in [0, 0.1) is 0 Å². The molecule has 9 heteroatoms. The molecule has 8 nitrogen and oxygen atoms in total. The van der Waals surface area contributed by atoms with Gasteiger partial charge in [-0.2, -0.15) is 0 Å². The first kappa shape index (κ1) is 23.2. The van der Waals surface area contributed by atoms with Crippen molar-refractivity contribution in [3.8, 4) is 5.75 Å². The highest BCUT2D eigenvalue weighted by Crippen LogP contribution is 2.24. The van der Waals surface area contributed by atoms with Gasteiger partial charge in [-0.25, -0.2) is 13.2 Å². The summed E-state index contributed by atoms with van der Waals surface area (Å²) in [6.07, 6.45) is 1.04. The highest BCUT2D eigenvalue weighted by molar-refractivity contribution is 7.92. The molecular formula is C21H26N2O6S. The molecule has 1 atom stereocenters. The number of esters is 1. The summed E-state index contributed by atoms with van der Waals surface area (Å²) >= 11 is 0. The van der Waals surface area contributed by atoms with Crippen LogP contribution in [0.4, 0.5) is 11.4 Å². The third-order valence-electron chi connectivity index (χ3n) is 4.15. The zero-order valence-corrected chi connectivity index (χ0v) is 18.2. The van der Waals surface area contributed by atoms with E-state index in [0.717, 1.165) is 10.6 Å².